The van der Waals surface area contributed by atoms with E-state index in [1.165, 1.54) is 0 Å². The summed E-state index contributed by atoms with van der Waals surface area (Å²) in [5.74, 6) is 1.35. The first kappa shape index (κ1) is 18.3. The number of methoxy groups -OCH3 is 1. The minimum atomic E-state index is 0.115. The van der Waals surface area contributed by atoms with Gasteiger partial charge in [-0.25, -0.2) is 0 Å². The van der Waals surface area contributed by atoms with Crippen molar-refractivity contribution >= 4 is 11.8 Å². The molecule has 1 aromatic rings. The van der Waals surface area contributed by atoms with Crippen LogP contribution in [0.4, 0.5) is 0 Å². The number of amides is 2. The van der Waals surface area contributed by atoms with Crippen LogP contribution >= 0.6 is 0 Å². The molecule has 1 heterocycles. The molecule has 1 saturated heterocycles. The van der Waals surface area contributed by atoms with Crippen molar-refractivity contribution < 1.29 is 14.3 Å². The molecule has 0 spiro atoms. The number of benzene rings is 1. The van der Waals surface area contributed by atoms with E-state index >= 15 is 0 Å². The fourth-order valence-electron chi connectivity index (χ4n) is 3.05. The van der Waals surface area contributed by atoms with Gasteiger partial charge in [0.25, 0.3) is 0 Å². The topological polar surface area (TPSA) is 58.6 Å². The quantitative estimate of drug-likeness (QED) is 0.870. The lowest BCUT2D eigenvalue weighted by molar-refractivity contribution is -0.131. The molecule has 0 aliphatic carbocycles. The van der Waals surface area contributed by atoms with Crippen molar-refractivity contribution in [1.82, 2.24) is 10.2 Å². The van der Waals surface area contributed by atoms with E-state index in [1.807, 2.05) is 43.0 Å². The molecule has 1 aromatic carbocycles. The van der Waals surface area contributed by atoms with Crippen molar-refractivity contribution in [3.63, 3.8) is 0 Å². The van der Waals surface area contributed by atoms with Gasteiger partial charge < -0.3 is 15.0 Å². The molecule has 2 rings (SSSR count). The molecule has 0 atom stereocenters. The first-order valence-corrected chi connectivity index (χ1v) is 8.68. The Morgan fingerprint density at radius 2 is 1.92 bits per heavy atom. The molecule has 1 aliphatic heterocycles. The molecule has 1 N–H and O–H groups in total. The standard InChI is InChI=1S/C19H28N2O3/c1-14(2)12-18(22)20-16-8-10-21(11-9-16)19(23)13-15-6-4-5-7-17(15)24-3/h4-7,14,16H,8-13H2,1-3H3,(H,20,22). The van der Waals surface area contributed by atoms with Crippen LogP contribution in [-0.2, 0) is 16.0 Å². The summed E-state index contributed by atoms with van der Waals surface area (Å²) >= 11 is 0. The summed E-state index contributed by atoms with van der Waals surface area (Å²) in [6, 6.07) is 7.81. The van der Waals surface area contributed by atoms with Gasteiger partial charge in [-0.15, -0.1) is 0 Å². The molecule has 0 unspecified atom stereocenters. The highest BCUT2D eigenvalue weighted by Gasteiger charge is 2.24. The summed E-state index contributed by atoms with van der Waals surface area (Å²) < 4.78 is 5.31. The fraction of sp³-hybridized carbons (Fsp3) is 0.579. The highest BCUT2D eigenvalue weighted by molar-refractivity contribution is 5.80. The number of carbonyl (C=O) groups excluding carboxylic acids is 2. The van der Waals surface area contributed by atoms with E-state index in [9.17, 15) is 9.59 Å². The van der Waals surface area contributed by atoms with Crippen LogP contribution in [0.3, 0.4) is 0 Å². The van der Waals surface area contributed by atoms with Crippen molar-refractivity contribution in [2.45, 2.75) is 45.6 Å². The van der Waals surface area contributed by atoms with E-state index in [0.29, 0.717) is 31.8 Å². The van der Waals surface area contributed by atoms with Crippen LogP contribution in [0.15, 0.2) is 24.3 Å². The molecule has 5 heteroatoms. The Morgan fingerprint density at radius 3 is 2.54 bits per heavy atom. The maximum absolute atomic E-state index is 12.5. The first-order chi connectivity index (χ1) is 11.5. The van der Waals surface area contributed by atoms with E-state index in [4.69, 9.17) is 4.74 Å². The van der Waals surface area contributed by atoms with E-state index < -0.39 is 0 Å². The molecule has 0 saturated carbocycles. The molecule has 1 aliphatic rings. The molecule has 0 radical (unpaired) electrons. The second kappa shape index (κ2) is 8.71. The predicted octanol–water partition coefficient (Wildman–Crippen LogP) is 2.39. The van der Waals surface area contributed by atoms with E-state index in [2.05, 4.69) is 5.32 Å². The van der Waals surface area contributed by atoms with Crippen LogP contribution in [-0.4, -0.2) is 43.0 Å². The number of nitrogens with one attached hydrogen (secondary N) is 1. The number of para-hydroxylation sites is 1. The Morgan fingerprint density at radius 1 is 1.25 bits per heavy atom. The SMILES string of the molecule is COc1ccccc1CC(=O)N1CCC(NC(=O)CC(C)C)CC1. The Hall–Kier alpha value is -2.04. The molecule has 0 bridgehead atoms. The zero-order valence-electron chi connectivity index (χ0n) is 14.9. The number of hydrogen-bond acceptors (Lipinski definition) is 3. The number of piperidine rings is 1. The fourth-order valence-corrected chi connectivity index (χ4v) is 3.05. The third-order valence-corrected chi connectivity index (χ3v) is 4.34. The number of ether oxygens (including phenoxy) is 1. The third kappa shape index (κ3) is 5.25. The average molecular weight is 332 g/mol. The Bertz CT molecular complexity index is 563. The van der Waals surface area contributed by atoms with Gasteiger partial charge in [0.2, 0.25) is 11.8 Å². The van der Waals surface area contributed by atoms with Gasteiger partial charge in [-0.1, -0.05) is 32.0 Å². The molecule has 5 nitrogen and oxygen atoms in total. The van der Waals surface area contributed by atoms with Gasteiger partial charge in [-0.3, -0.25) is 9.59 Å². The molecular weight excluding hydrogens is 304 g/mol. The van der Waals surface area contributed by atoms with Gasteiger partial charge >= 0.3 is 0 Å². The van der Waals surface area contributed by atoms with Crippen molar-refractivity contribution in [3.8, 4) is 5.75 Å². The second-order valence-electron chi connectivity index (χ2n) is 6.81. The number of rotatable bonds is 6. The zero-order valence-corrected chi connectivity index (χ0v) is 14.9. The zero-order chi connectivity index (χ0) is 17.5. The maximum atomic E-state index is 12.5. The highest BCUT2D eigenvalue weighted by Crippen LogP contribution is 2.20. The first-order valence-electron chi connectivity index (χ1n) is 8.68. The predicted molar refractivity (Wildman–Crippen MR) is 93.9 cm³/mol. The maximum Gasteiger partial charge on any atom is 0.227 e. The van der Waals surface area contributed by atoms with E-state index in [1.54, 1.807) is 7.11 Å². The van der Waals surface area contributed by atoms with Gasteiger partial charge in [0, 0.05) is 31.1 Å². The molecule has 1 fully saturated rings. The van der Waals surface area contributed by atoms with Crippen LogP contribution in [0, 0.1) is 5.92 Å². The van der Waals surface area contributed by atoms with Gasteiger partial charge in [0.15, 0.2) is 0 Å². The van der Waals surface area contributed by atoms with Gasteiger partial charge in [-0.05, 0) is 24.8 Å². The smallest absolute Gasteiger partial charge is 0.227 e. The van der Waals surface area contributed by atoms with Gasteiger partial charge in [0.05, 0.1) is 13.5 Å². The number of hydrogen-bond donors (Lipinski definition) is 1. The highest BCUT2D eigenvalue weighted by atomic mass is 16.5. The Labute approximate surface area is 144 Å². The number of nitrogens with zero attached hydrogens (tertiary/aromatic N) is 1. The largest absolute Gasteiger partial charge is 0.496 e. The summed E-state index contributed by atoms with van der Waals surface area (Å²) in [4.78, 5) is 26.2. The van der Waals surface area contributed by atoms with Crippen LogP contribution in [0.2, 0.25) is 0 Å². The molecule has 2 amide bonds. The number of carbonyl (C=O) groups is 2. The normalized spacial score (nSPS) is 15.4. The average Bonchev–Trinajstić information content (AvgIpc) is 2.55. The summed E-state index contributed by atoms with van der Waals surface area (Å²) in [6.07, 6.45) is 2.56. The lowest BCUT2D eigenvalue weighted by Gasteiger charge is -2.32. The van der Waals surface area contributed by atoms with E-state index in [0.717, 1.165) is 24.2 Å². The van der Waals surface area contributed by atoms with Crippen molar-refractivity contribution in [1.29, 1.82) is 0 Å². The van der Waals surface area contributed by atoms with Crippen LogP contribution in [0.1, 0.15) is 38.7 Å². The third-order valence-electron chi connectivity index (χ3n) is 4.34. The van der Waals surface area contributed by atoms with Gasteiger partial charge in [0.1, 0.15) is 5.75 Å². The Kier molecular flexibility index (Phi) is 6.64. The van der Waals surface area contributed by atoms with Crippen molar-refractivity contribution in [2.24, 2.45) is 5.92 Å². The van der Waals surface area contributed by atoms with Crippen LogP contribution in [0.5, 0.6) is 5.75 Å². The molecule has 132 valence electrons. The van der Waals surface area contributed by atoms with Crippen molar-refractivity contribution in [3.05, 3.63) is 29.8 Å². The lowest BCUT2D eigenvalue weighted by atomic mass is 10.0. The molecule has 24 heavy (non-hydrogen) atoms. The van der Waals surface area contributed by atoms with Crippen LogP contribution in [0.25, 0.3) is 0 Å². The summed E-state index contributed by atoms with van der Waals surface area (Å²) in [5.41, 5.74) is 0.914. The molecular formula is C19H28N2O3. The van der Waals surface area contributed by atoms with E-state index in [-0.39, 0.29) is 17.9 Å². The second-order valence-corrected chi connectivity index (χ2v) is 6.81. The summed E-state index contributed by atoms with van der Waals surface area (Å²) in [6.45, 7) is 5.47. The summed E-state index contributed by atoms with van der Waals surface area (Å²) in [7, 11) is 1.62. The minimum Gasteiger partial charge on any atom is -0.496 e. The van der Waals surface area contributed by atoms with Crippen LogP contribution < -0.4 is 10.1 Å². The lowest BCUT2D eigenvalue weighted by Crippen LogP contribution is -2.47. The monoisotopic (exact) mass is 332 g/mol. The van der Waals surface area contributed by atoms with Crippen molar-refractivity contribution in [2.75, 3.05) is 20.2 Å². The number of likely N-dealkylation sites (tertiary alicyclic amines) is 1. The Balaban J connectivity index is 1.81. The minimum absolute atomic E-state index is 0.115. The molecule has 0 aromatic heterocycles. The summed E-state index contributed by atoms with van der Waals surface area (Å²) in [5, 5.41) is 3.08. The van der Waals surface area contributed by atoms with Gasteiger partial charge in [-0.2, -0.15) is 0 Å².